The van der Waals surface area contributed by atoms with Crippen LogP contribution in [0.3, 0.4) is 0 Å². The van der Waals surface area contributed by atoms with Gasteiger partial charge in [0.15, 0.2) is 0 Å². The van der Waals surface area contributed by atoms with Gasteiger partial charge in [-0.3, -0.25) is 9.48 Å². The van der Waals surface area contributed by atoms with E-state index in [1.807, 2.05) is 13.0 Å². The summed E-state index contributed by atoms with van der Waals surface area (Å²) in [6.07, 6.45) is 7.01. The summed E-state index contributed by atoms with van der Waals surface area (Å²) in [5.41, 5.74) is 1.03. The van der Waals surface area contributed by atoms with E-state index in [1.54, 1.807) is 0 Å². The lowest BCUT2D eigenvalue weighted by Gasteiger charge is -2.28. The van der Waals surface area contributed by atoms with Gasteiger partial charge < -0.3 is 4.74 Å². The van der Waals surface area contributed by atoms with E-state index in [4.69, 9.17) is 9.84 Å². The molecular weight excluding hydrogens is 344 g/mol. The van der Waals surface area contributed by atoms with Crippen molar-refractivity contribution < 1.29 is 9.53 Å². The summed E-state index contributed by atoms with van der Waals surface area (Å²) in [6, 6.07) is 6.64. The molecule has 0 radical (unpaired) electrons. The molecule has 2 aromatic rings. The minimum atomic E-state index is -0.0550. The van der Waals surface area contributed by atoms with Crippen LogP contribution in [-0.4, -0.2) is 22.4 Å². The lowest BCUT2D eigenvalue weighted by atomic mass is 9.84. The Morgan fingerprint density at radius 3 is 2.86 bits per heavy atom. The molecule has 118 valence electrons. The van der Waals surface area contributed by atoms with E-state index in [9.17, 15) is 4.79 Å². The van der Waals surface area contributed by atoms with Gasteiger partial charge in [0.2, 0.25) is 0 Å². The zero-order valence-electron chi connectivity index (χ0n) is 12.8. The van der Waals surface area contributed by atoms with E-state index < -0.39 is 0 Å². The van der Waals surface area contributed by atoms with Crippen molar-refractivity contribution >= 4 is 32.8 Å². The van der Waals surface area contributed by atoms with Crippen LogP contribution in [0.15, 0.2) is 28.9 Å². The van der Waals surface area contributed by atoms with E-state index in [0.29, 0.717) is 25.0 Å². The zero-order valence-corrected chi connectivity index (χ0v) is 14.4. The average molecular weight is 365 g/mol. The van der Waals surface area contributed by atoms with Crippen LogP contribution in [0.4, 0.5) is 0 Å². The summed E-state index contributed by atoms with van der Waals surface area (Å²) in [5.74, 6) is 0.412. The van der Waals surface area contributed by atoms with Gasteiger partial charge in [0.25, 0.3) is 0 Å². The Kier molecular flexibility index (Phi) is 4.81. The molecule has 1 aliphatic carbocycles. The first-order valence-corrected chi connectivity index (χ1v) is 8.75. The molecule has 22 heavy (non-hydrogen) atoms. The van der Waals surface area contributed by atoms with Crippen LogP contribution in [0.25, 0.3) is 10.9 Å². The van der Waals surface area contributed by atoms with E-state index in [0.717, 1.165) is 35.7 Å². The monoisotopic (exact) mass is 364 g/mol. The van der Waals surface area contributed by atoms with Crippen molar-refractivity contribution in [2.75, 3.05) is 6.61 Å². The predicted octanol–water partition coefficient (Wildman–Crippen LogP) is 4.48. The summed E-state index contributed by atoms with van der Waals surface area (Å²) in [6.45, 7) is 2.33. The molecule has 1 aromatic carbocycles. The summed E-state index contributed by atoms with van der Waals surface area (Å²) >= 11 is 3.49. The summed E-state index contributed by atoms with van der Waals surface area (Å²) < 4.78 is 8.21. The van der Waals surface area contributed by atoms with Gasteiger partial charge in [-0.25, -0.2) is 0 Å². The van der Waals surface area contributed by atoms with E-state index >= 15 is 0 Å². The molecule has 1 saturated carbocycles. The van der Waals surface area contributed by atoms with Gasteiger partial charge in [0.05, 0.1) is 18.2 Å². The molecule has 0 aliphatic heterocycles. The molecule has 3 rings (SSSR count). The molecule has 1 aliphatic rings. The van der Waals surface area contributed by atoms with Gasteiger partial charge in [0.1, 0.15) is 0 Å². The summed E-state index contributed by atoms with van der Waals surface area (Å²) in [7, 11) is 0. The summed E-state index contributed by atoms with van der Waals surface area (Å²) in [4.78, 5) is 11.6. The molecule has 0 saturated heterocycles. The zero-order chi connectivity index (χ0) is 15.5. The van der Waals surface area contributed by atoms with Crippen molar-refractivity contribution in [3.8, 4) is 0 Å². The van der Waals surface area contributed by atoms with Crippen molar-refractivity contribution in [3.05, 3.63) is 28.9 Å². The topological polar surface area (TPSA) is 44.1 Å². The maximum Gasteiger partial charge on any atom is 0.306 e. The third kappa shape index (κ3) is 3.51. The SMILES string of the molecule is CCOC(=O)C[C@H]1CC[C@H](n2cc3ccc(Br)cc3n2)CC1. The number of carbonyl (C=O) groups is 1. The van der Waals surface area contributed by atoms with Crippen molar-refractivity contribution in [3.63, 3.8) is 0 Å². The predicted molar refractivity (Wildman–Crippen MR) is 89.7 cm³/mol. The Morgan fingerprint density at radius 2 is 2.14 bits per heavy atom. The molecule has 0 amide bonds. The third-order valence-corrected chi connectivity index (χ3v) is 4.93. The first kappa shape index (κ1) is 15.5. The second kappa shape index (κ2) is 6.82. The third-order valence-electron chi connectivity index (χ3n) is 4.44. The number of hydrogen-bond acceptors (Lipinski definition) is 3. The normalized spacial score (nSPS) is 21.9. The molecule has 1 heterocycles. The highest BCUT2D eigenvalue weighted by molar-refractivity contribution is 9.10. The van der Waals surface area contributed by atoms with Crippen LogP contribution in [-0.2, 0) is 9.53 Å². The first-order valence-electron chi connectivity index (χ1n) is 7.95. The minimum absolute atomic E-state index is 0.0550. The number of hydrogen-bond donors (Lipinski definition) is 0. The van der Waals surface area contributed by atoms with E-state index in [1.165, 1.54) is 5.39 Å². The number of esters is 1. The molecule has 0 bridgehead atoms. The number of halogens is 1. The fourth-order valence-electron chi connectivity index (χ4n) is 3.26. The molecule has 0 atom stereocenters. The molecule has 4 nitrogen and oxygen atoms in total. The summed E-state index contributed by atoms with van der Waals surface area (Å²) in [5, 5.41) is 5.89. The molecule has 0 unspecified atom stereocenters. The van der Waals surface area contributed by atoms with Crippen LogP contribution < -0.4 is 0 Å². The smallest absolute Gasteiger partial charge is 0.306 e. The Morgan fingerprint density at radius 1 is 1.36 bits per heavy atom. The molecule has 1 fully saturated rings. The van der Waals surface area contributed by atoms with Crippen LogP contribution in [0.2, 0.25) is 0 Å². The first-order chi connectivity index (χ1) is 10.7. The van der Waals surface area contributed by atoms with E-state index in [2.05, 4.69) is 38.9 Å². The Labute approximate surface area is 139 Å². The maximum absolute atomic E-state index is 11.6. The lowest BCUT2D eigenvalue weighted by Crippen LogP contribution is -2.21. The highest BCUT2D eigenvalue weighted by atomic mass is 79.9. The maximum atomic E-state index is 11.6. The second-order valence-corrected chi connectivity index (χ2v) is 6.91. The highest BCUT2D eigenvalue weighted by Crippen LogP contribution is 2.34. The Bertz CT molecular complexity index is 660. The molecule has 1 aromatic heterocycles. The number of benzene rings is 1. The van der Waals surface area contributed by atoms with Gasteiger partial charge in [0, 0.05) is 22.5 Å². The van der Waals surface area contributed by atoms with Crippen molar-refractivity contribution in [2.24, 2.45) is 5.92 Å². The van der Waals surface area contributed by atoms with Gasteiger partial charge in [-0.2, -0.15) is 5.10 Å². The van der Waals surface area contributed by atoms with Crippen molar-refractivity contribution in [1.29, 1.82) is 0 Å². The number of nitrogens with zero attached hydrogens (tertiary/aromatic N) is 2. The molecule has 0 N–H and O–H groups in total. The number of aromatic nitrogens is 2. The van der Waals surface area contributed by atoms with Crippen LogP contribution in [0.5, 0.6) is 0 Å². The quantitative estimate of drug-likeness (QED) is 0.751. The van der Waals surface area contributed by atoms with Crippen LogP contribution in [0, 0.1) is 5.92 Å². The lowest BCUT2D eigenvalue weighted by molar-refractivity contribution is -0.144. The fourth-order valence-corrected chi connectivity index (χ4v) is 3.61. The Balaban J connectivity index is 1.61. The molecule has 0 spiro atoms. The van der Waals surface area contributed by atoms with Gasteiger partial charge >= 0.3 is 5.97 Å². The number of ether oxygens (including phenoxy) is 1. The van der Waals surface area contributed by atoms with Crippen molar-refractivity contribution in [2.45, 2.75) is 45.1 Å². The largest absolute Gasteiger partial charge is 0.466 e. The molecule has 5 heteroatoms. The van der Waals surface area contributed by atoms with Crippen LogP contribution in [0.1, 0.15) is 45.1 Å². The van der Waals surface area contributed by atoms with Crippen LogP contribution >= 0.6 is 15.9 Å². The Hall–Kier alpha value is -1.36. The van der Waals surface area contributed by atoms with Gasteiger partial charge in [-0.1, -0.05) is 22.0 Å². The second-order valence-electron chi connectivity index (χ2n) is 6.00. The highest BCUT2D eigenvalue weighted by Gasteiger charge is 2.25. The fraction of sp³-hybridized carbons (Fsp3) is 0.529. The van der Waals surface area contributed by atoms with E-state index in [-0.39, 0.29) is 5.97 Å². The van der Waals surface area contributed by atoms with Gasteiger partial charge in [-0.05, 0) is 50.7 Å². The number of rotatable bonds is 4. The van der Waals surface area contributed by atoms with Gasteiger partial charge in [-0.15, -0.1) is 0 Å². The minimum Gasteiger partial charge on any atom is -0.466 e. The average Bonchev–Trinajstić information content (AvgIpc) is 2.91. The molecular formula is C17H21BrN2O2. The number of fused-ring (bicyclic) bond motifs is 1. The standard InChI is InChI=1S/C17H21BrN2O2/c1-2-22-17(21)9-12-3-7-15(8-4-12)20-11-13-5-6-14(18)10-16(13)19-20/h5-6,10-12,15H,2-4,7-9H2,1H3/t12-,15-. The number of carbonyl (C=O) groups excluding carboxylic acids is 1. The van der Waals surface area contributed by atoms with Crippen molar-refractivity contribution in [1.82, 2.24) is 9.78 Å².